The van der Waals surface area contributed by atoms with E-state index in [9.17, 15) is 4.79 Å². The van der Waals surface area contributed by atoms with E-state index in [4.69, 9.17) is 10.4 Å². The average Bonchev–Trinajstić information content (AvgIpc) is 1.99. The summed E-state index contributed by atoms with van der Waals surface area (Å²) in [6, 6.07) is 1.61. The molecular formula is C6H3IN2O2. The molecule has 0 aliphatic rings. The maximum absolute atomic E-state index is 10.8. The van der Waals surface area contributed by atoms with Crippen LogP contribution >= 0.6 is 22.6 Å². The fraction of sp³-hybridized carbons (Fsp3) is 0. The van der Waals surface area contributed by atoms with Crippen LogP contribution in [0.1, 0.15) is 5.56 Å². The Balaban J connectivity index is 3.57. The van der Waals surface area contributed by atoms with Crippen LogP contribution in [0.2, 0.25) is 0 Å². The summed E-state index contributed by atoms with van der Waals surface area (Å²) in [4.78, 5) is 13.1. The molecule has 0 spiro atoms. The molecule has 0 radical (unpaired) electrons. The van der Waals surface area contributed by atoms with Gasteiger partial charge in [0.2, 0.25) is 0 Å². The lowest BCUT2D eigenvalue weighted by atomic mass is 10.3. The highest BCUT2D eigenvalue weighted by atomic mass is 127. The van der Waals surface area contributed by atoms with E-state index in [0.717, 1.165) is 0 Å². The molecule has 0 fully saturated rings. The summed E-state index contributed by atoms with van der Waals surface area (Å²) in [5, 5.41) is 17.5. The number of halogens is 1. The molecule has 1 aromatic rings. The lowest BCUT2D eigenvalue weighted by Gasteiger charge is -1.95. The third kappa shape index (κ3) is 1.35. The molecule has 11 heavy (non-hydrogen) atoms. The zero-order valence-electron chi connectivity index (χ0n) is 5.26. The number of nitrogens with one attached hydrogen (secondary N) is 1. The highest BCUT2D eigenvalue weighted by Crippen LogP contribution is 2.18. The van der Waals surface area contributed by atoms with E-state index in [1.165, 1.54) is 6.20 Å². The van der Waals surface area contributed by atoms with Crippen LogP contribution in [0.15, 0.2) is 11.0 Å². The summed E-state index contributed by atoms with van der Waals surface area (Å²) in [6.07, 6.45) is 1.35. The summed E-state index contributed by atoms with van der Waals surface area (Å²) in [6.45, 7) is 0. The Morgan fingerprint density at radius 3 is 2.82 bits per heavy atom. The Hall–Kier alpha value is -1.03. The molecule has 0 saturated heterocycles. The van der Waals surface area contributed by atoms with Gasteiger partial charge in [-0.25, -0.2) is 0 Å². The lowest BCUT2D eigenvalue weighted by Crippen LogP contribution is -2.09. The van der Waals surface area contributed by atoms with Crippen molar-refractivity contribution < 1.29 is 5.11 Å². The predicted octanol–water partition coefficient (Wildman–Crippen LogP) is 0.557. The third-order valence-electron chi connectivity index (χ3n) is 1.13. The summed E-state index contributed by atoms with van der Waals surface area (Å²) < 4.78 is 0.457. The van der Waals surface area contributed by atoms with Gasteiger partial charge < -0.3 is 10.1 Å². The Morgan fingerprint density at radius 2 is 2.36 bits per heavy atom. The molecule has 0 aromatic carbocycles. The summed E-state index contributed by atoms with van der Waals surface area (Å²) in [5.41, 5.74) is -0.803. The SMILES string of the molecule is N#Cc1c(O)c(I)c[nH]c1=O. The summed E-state index contributed by atoms with van der Waals surface area (Å²) in [5.74, 6) is -0.253. The molecule has 1 heterocycles. The number of H-pyrrole nitrogens is 1. The zero-order chi connectivity index (χ0) is 8.43. The van der Waals surface area contributed by atoms with Crippen molar-refractivity contribution in [3.05, 3.63) is 25.7 Å². The minimum Gasteiger partial charge on any atom is -0.505 e. The lowest BCUT2D eigenvalue weighted by molar-refractivity contribution is 0.468. The number of aromatic amines is 1. The Labute approximate surface area is 75.6 Å². The molecule has 5 heteroatoms. The van der Waals surface area contributed by atoms with Crippen LogP contribution in [0.25, 0.3) is 0 Å². The number of rotatable bonds is 0. The molecule has 0 atom stereocenters. The molecule has 0 aliphatic carbocycles. The van der Waals surface area contributed by atoms with Crippen molar-refractivity contribution in [1.29, 1.82) is 5.26 Å². The van der Waals surface area contributed by atoms with Gasteiger partial charge in [0.15, 0.2) is 11.3 Å². The first-order valence-corrected chi connectivity index (χ1v) is 3.75. The van der Waals surface area contributed by atoms with E-state index < -0.39 is 5.56 Å². The van der Waals surface area contributed by atoms with Gasteiger partial charge in [0, 0.05) is 6.20 Å². The van der Waals surface area contributed by atoms with Gasteiger partial charge in [-0.2, -0.15) is 5.26 Å². The first kappa shape index (κ1) is 8.07. The molecule has 0 saturated carbocycles. The maximum atomic E-state index is 10.8. The fourth-order valence-corrected chi connectivity index (χ4v) is 1.03. The topological polar surface area (TPSA) is 76.9 Å². The number of nitrogens with zero attached hydrogens (tertiary/aromatic N) is 1. The quantitative estimate of drug-likeness (QED) is 0.670. The minimum atomic E-state index is -0.564. The van der Waals surface area contributed by atoms with Gasteiger partial charge in [-0.3, -0.25) is 4.79 Å². The molecule has 0 amide bonds. The van der Waals surface area contributed by atoms with Crippen molar-refractivity contribution in [3.63, 3.8) is 0 Å². The monoisotopic (exact) mass is 262 g/mol. The van der Waals surface area contributed by atoms with Crippen molar-refractivity contribution in [2.24, 2.45) is 0 Å². The molecular weight excluding hydrogens is 259 g/mol. The molecule has 1 aromatic heterocycles. The van der Waals surface area contributed by atoms with Crippen molar-refractivity contribution in [2.45, 2.75) is 0 Å². The number of nitriles is 1. The van der Waals surface area contributed by atoms with Gasteiger partial charge in [-0.05, 0) is 22.6 Å². The van der Waals surface area contributed by atoms with Crippen molar-refractivity contribution in [3.8, 4) is 11.8 Å². The zero-order valence-corrected chi connectivity index (χ0v) is 7.42. The fourth-order valence-electron chi connectivity index (χ4n) is 0.600. The number of aromatic hydroxyl groups is 1. The smallest absolute Gasteiger partial charge is 0.269 e. The standard InChI is InChI=1S/C6H3IN2O2/c7-4-2-9-6(11)3(1-8)5(4)10/h2H,(H2,9,10,11). The average molecular weight is 262 g/mol. The first-order chi connectivity index (χ1) is 5.16. The molecule has 2 N–H and O–H groups in total. The minimum absolute atomic E-state index is 0.239. The van der Waals surface area contributed by atoms with Crippen molar-refractivity contribution in [2.75, 3.05) is 0 Å². The van der Waals surface area contributed by atoms with Crippen LogP contribution in [0.3, 0.4) is 0 Å². The van der Waals surface area contributed by atoms with E-state index in [1.807, 2.05) is 22.6 Å². The van der Waals surface area contributed by atoms with E-state index in [-0.39, 0.29) is 11.3 Å². The van der Waals surface area contributed by atoms with Crippen LogP contribution in [0, 0.1) is 14.9 Å². The van der Waals surface area contributed by atoms with Gasteiger partial charge in [-0.15, -0.1) is 0 Å². The number of hydrogen-bond acceptors (Lipinski definition) is 3. The van der Waals surface area contributed by atoms with Crippen LogP contribution in [0.4, 0.5) is 0 Å². The highest BCUT2D eigenvalue weighted by molar-refractivity contribution is 14.1. The van der Waals surface area contributed by atoms with E-state index in [2.05, 4.69) is 4.98 Å². The van der Waals surface area contributed by atoms with E-state index in [0.29, 0.717) is 3.57 Å². The van der Waals surface area contributed by atoms with Crippen LogP contribution < -0.4 is 5.56 Å². The van der Waals surface area contributed by atoms with Crippen molar-refractivity contribution >= 4 is 22.6 Å². The Kier molecular flexibility index (Phi) is 2.14. The first-order valence-electron chi connectivity index (χ1n) is 2.67. The molecule has 0 unspecified atom stereocenters. The highest BCUT2D eigenvalue weighted by Gasteiger charge is 2.07. The molecule has 0 bridgehead atoms. The van der Waals surface area contributed by atoms with Crippen LogP contribution in [-0.4, -0.2) is 10.1 Å². The Bertz CT molecular complexity index is 377. The van der Waals surface area contributed by atoms with E-state index in [1.54, 1.807) is 6.07 Å². The summed E-state index contributed by atoms with van der Waals surface area (Å²) >= 11 is 1.82. The Morgan fingerprint density at radius 1 is 1.73 bits per heavy atom. The van der Waals surface area contributed by atoms with Crippen LogP contribution in [-0.2, 0) is 0 Å². The number of pyridine rings is 1. The van der Waals surface area contributed by atoms with E-state index >= 15 is 0 Å². The maximum Gasteiger partial charge on any atom is 0.269 e. The number of aromatic nitrogens is 1. The second-order valence-corrected chi connectivity index (χ2v) is 2.96. The second-order valence-electron chi connectivity index (χ2n) is 1.80. The molecule has 0 aliphatic heterocycles. The normalized spacial score (nSPS) is 9.09. The van der Waals surface area contributed by atoms with Gasteiger partial charge in [0.25, 0.3) is 5.56 Å². The van der Waals surface area contributed by atoms with Gasteiger partial charge in [0.1, 0.15) is 6.07 Å². The largest absolute Gasteiger partial charge is 0.505 e. The second kappa shape index (κ2) is 2.92. The van der Waals surface area contributed by atoms with Gasteiger partial charge in [0.05, 0.1) is 3.57 Å². The third-order valence-corrected chi connectivity index (χ3v) is 1.95. The molecule has 56 valence electrons. The number of hydrogen-bond donors (Lipinski definition) is 2. The molecule has 1 rings (SSSR count). The van der Waals surface area contributed by atoms with Crippen molar-refractivity contribution in [1.82, 2.24) is 4.98 Å². The summed E-state index contributed by atoms with van der Waals surface area (Å²) in [7, 11) is 0. The molecule has 4 nitrogen and oxygen atoms in total. The van der Waals surface area contributed by atoms with Gasteiger partial charge in [-0.1, -0.05) is 0 Å². The van der Waals surface area contributed by atoms with Gasteiger partial charge >= 0.3 is 0 Å². The van der Waals surface area contributed by atoms with Crippen LogP contribution in [0.5, 0.6) is 5.75 Å². The predicted molar refractivity (Wildman–Crippen MR) is 46.2 cm³/mol.